The lowest BCUT2D eigenvalue weighted by Crippen LogP contribution is -2.42. The average Bonchev–Trinajstić information content (AvgIpc) is 0.825. The summed E-state index contributed by atoms with van der Waals surface area (Å²) in [7, 11) is 0. The second-order valence-corrected chi connectivity index (χ2v) is 27.7. The van der Waals surface area contributed by atoms with Crippen LogP contribution in [0.2, 0.25) is 10.0 Å². The molecular weight excluding hydrogens is 1430 g/mol. The number of benzene rings is 5. The first kappa shape index (κ1) is 76.3. The van der Waals surface area contributed by atoms with Crippen LogP contribution >= 0.6 is 58.5 Å². The Labute approximate surface area is 641 Å². The molecule has 3 aliphatic rings. The van der Waals surface area contributed by atoms with Crippen LogP contribution in [0.15, 0.2) is 238 Å². The number of carbonyl (C=O) groups excluding carboxylic acids is 4. The van der Waals surface area contributed by atoms with Gasteiger partial charge in [-0.15, -0.1) is 0 Å². The number of carbonyl (C=O) groups is 4. The van der Waals surface area contributed by atoms with E-state index in [1.807, 2.05) is 86.6 Å². The fourth-order valence-corrected chi connectivity index (χ4v) is 12.5. The van der Waals surface area contributed by atoms with Crippen LogP contribution in [0, 0.1) is 6.92 Å². The number of allylic oxidation sites excluding steroid dienone is 3. The number of halogens is 2. The Balaban J connectivity index is 0.000000556. The number of likely N-dealkylation sites (tertiary alicyclic amines) is 1. The van der Waals surface area contributed by atoms with Gasteiger partial charge in [-0.2, -0.15) is 0 Å². The summed E-state index contributed by atoms with van der Waals surface area (Å²) in [5.74, 6) is 2.66. The average molecular weight is 1520 g/mol. The highest BCUT2D eigenvalue weighted by molar-refractivity contribution is 7.99. The number of pyridine rings is 1. The third-order valence-corrected chi connectivity index (χ3v) is 18.7. The number of nitrogens with zero attached hydrogens (tertiary/aromatic N) is 13. The Morgan fingerprint density at radius 1 is 0.486 bits per heavy atom. The van der Waals surface area contributed by atoms with Crippen LogP contribution in [-0.2, 0) is 0 Å². The molecule has 0 saturated carbocycles. The SMILES string of the molecule is C/C(N)=C/C(N)=Nc1cc(C(=O)N2CCC2)nc(Sc2ccc(NC(=O)c3ccccc3Cl)cc2)n1.CC(N)=CC(N)=Nc1cc(N2CCC2)nc(Sc2ccc(NC(=O)c3cccnc3C)cc2)n1.CC/C(N)=C/C(N)=Nc1cc(N2CCC2)nc(Sc2ccc(NC(=O)c3ccccc3Cl)cc2)n1.[HH].[HH].[HH].[HH].[HH].[HH].[HH].[HH]. The van der Waals surface area contributed by atoms with Crippen molar-refractivity contribution in [2.75, 3.05) is 65.0 Å². The number of aliphatic imine (C=N–C) groups is 3. The third-order valence-electron chi connectivity index (χ3n) is 15.4. The van der Waals surface area contributed by atoms with Crippen molar-refractivity contribution in [2.24, 2.45) is 49.4 Å². The van der Waals surface area contributed by atoms with Crippen LogP contribution in [0.5, 0.6) is 0 Å². The van der Waals surface area contributed by atoms with E-state index in [1.54, 1.807) is 110 Å². The van der Waals surface area contributed by atoms with Gasteiger partial charge in [0.25, 0.3) is 23.6 Å². The molecule has 31 heteroatoms. The summed E-state index contributed by atoms with van der Waals surface area (Å²) in [4.78, 5) is 104. The maximum atomic E-state index is 12.8. The molecule has 105 heavy (non-hydrogen) atoms. The van der Waals surface area contributed by atoms with Gasteiger partial charge in [-0.1, -0.05) is 54.4 Å². The zero-order chi connectivity index (χ0) is 74.5. The van der Waals surface area contributed by atoms with Gasteiger partial charge in [0.1, 0.15) is 34.8 Å². The highest BCUT2D eigenvalue weighted by atomic mass is 35.5. The molecule has 9 aromatic rings. The molecule has 5 aromatic carbocycles. The van der Waals surface area contributed by atoms with E-state index in [9.17, 15) is 19.2 Å². The van der Waals surface area contributed by atoms with Crippen LogP contribution < -0.4 is 60.2 Å². The van der Waals surface area contributed by atoms with Gasteiger partial charge in [0.2, 0.25) is 0 Å². The number of nitrogens with two attached hydrogens (primary N) is 6. The van der Waals surface area contributed by atoms with E-state index in [4.69, 9.17) is 67.6 Å². The predicted molar refractivity (Wildman–Crippen MR) is 437 cm³/mol. The molecule has 4 aromatic heterocycles. The number of amidine groups is 3. The third kappa shape index (κ3) is 22.6. The van der Waals surface area contributed by atoms with Gasteiger partial charge in [0, 0.05) is 130 Å². The van der Waals surface area contributed by atoms with Crippen molar-refractivity contribution in [1.82, 2.24) is 39.8 Å². The monoisotopic (exact) mass is 1520 g/mol. The molecular formula is C74H92Cl2N22O4S3. The number of anilines is 5. The maximum Gasteiger partial charge on any atom is 0.272 e. The predicted octanol–water partition coefficient (Wildman–Crippen LogP) is 14.8. The highest BCUT2D eigenvalue weighted by Gasteiger charge is 2.25. The molecule has 15 N–H and O–H groups in total. The van der Waals surface area contributed by atoms with E-state index in [2.05, 4.69) is 65.6 Å². The van der Waals surface area contributed by atoms with E-state index in [-0.39, 0.29) is 58.2 Å². The van der Waals surface area contributed by atoms with Gasteiger partial charge >= 0.3 is 0 Å². The molecule has 0 radical (unpaired) electrons. The van der Waals surface area contributed by atoms with Crippen molar-refractivity contribution in [1.29, 1.82) is 0 Å². The quantitative estimate of drug-likeness (QED) is 0.0173. The Hall–Kier alpha value is -11.4. The summed E-state index contributed by atoms with van der Waals surface area (Å²) < 4.78 is 0. The zero-order valence-electron chi connectivity index (χ0n) is 57.7. The fraction of sp³-hybridized carbons (Fsp3) is 0.189. The van der Waals surface area contributed by atoms with Crippen LogP contribution in [0.4, 0.5) is 46.2 Å². The lowest BCUT2D eigenvalue weighted by atomic mass is 10.2. The molecule has 3 fully saturated rings. The molecule has 26 nitrogen and oxygen atoms in total. The lowest BCUT2D eigenvalue weighted by Gasteiger charge is -2.32. The van der Waals surface area contributed by atoms with Crippen LogP contribution in [0.25, 0.3) is 0 Å². The minimum absolute atomic E-state index is 0. The minimum Gasteiger partial charge on any atom is -0.402 e. The largest absolute Gasteiger partial charge is 0.402 e. The van der Waals surface area contributed by atoms with Gasteiger partial charge in [0.15, 0.2) is 32.9 Å². The first-order chi connectivity index (χ1) is 50.6. The summed E-state index contributed by atoms with van der Waals surface area (Å²) >= 11 is 16.3. The Morgan fingerprint density at radius 3 is 1.22 bits per heavy atom. The molecule has 0 atom stereocenters. The molecule has 0 bridgehead atoms. The standard InChI is InChI=1S/C25H24ClN7O2S.C25H26ClN7OS.C24H26N8OS.8H2/c1-15(27)13-21(28)31-22-14-20(24(35)33-11-4-12-33)30-25(32-22)36-17-9-7-16(8-10-17)29-23(34)18-5-2-3-6-19(18)26;1-2-16(27)14-21(28)30-22-15-23(33-12-5-13-33)32-25(31-22)35-18-10-8-17(9-11-18)29-24(34)19-6-3-4-7-20(19)26;1-15(25)13-20(26)29-21-14-22(32-11-4-12-32)31-24(30-21)34-18-8-6-17(7-9-18)28-23(33)19-5-3-10-27-16(19)2;;;;;;;;/h2-3,5-10,13-14H,4,11-12,27H2,1H3,(H,29,34)(H2,28,30,31,32);3-4,6-11,14-15H,2,5,12-13,27H2,1H3,(H,29,34)(H2,28,30,31,32);3,5-10,13-14H,4,11-12,25H2,1-2H3,(H,28,33)(H2,26,29,30,31);8*1H/b15-13-;16-14-;;;;;;;;;. The Morgan fingerprint density at radius 2 is 0.857 bits per heavy atom. The Kier molecular flexibility index (Phi) is 26.6. The molecule has 3 saturated heterocycles. The van der Waals surface area contributed by atoms with Gasteiger partial charge < -0.3 is 65.1 Å². The number of aromatic nitrogens is 7. The molecule has 0 unspecified atom stereocenters. The van der Waals surface area contributed by atoms with E-state index >= 15 is 0 Å². The number of hydrogen-bond acceptors (Lipinski definition) is 22. The summed E-state index contributed by atoms with van der Waals surface area (Å²) in [6.07, 6.45) is 10.3. The highest BCUT2D eigenvalue weighted by Crippen LogP contribution is 2.35. The zero-order valence-corrected chi connectivity index (χ0v) is 61.7. The second-order valence-electron chi connectivity index (χ2n) is 23.8. The van der Waals surface area contributed by atoms with Crippen LogP contribution in [-0.4, -0.2) is 120 Å². The summed E-state index contributed by atoms with van der Waals surface area (Å²) in [5.41, 5.74) is 41.1. The van der Waals surface area contributed by atoms with E-state index in [1.165, 1.54) is 47.4 Å². The smallest absolute Gasteiger partial charge is 0.272 e. The lowest BCUT2D eigenvalue weighted by molar-refractivity contribution is 0.0644. The summed E-state index contributed by atoms with van der Waals surface area (Å²) in [5, 5.41) is 10.8. The molecule has 12 rings (SSSR count). The number of nitrogens with one attached hydrogen (secondary N) is 3. The van der Waals surface area contributed by atoms with Crippen molar-refractivity contribution in [3.8, 4) is 0 Å². The summed E-state index contributed by atoms with van der Waals surface area (Å²) in [6.45, 7) is 12.4. The number of amides is 4. The number of hydrogen-bond donors (Lipinski definition) is 9. The van der Waals surface area contributed by atoms with E-state index in [0.717, 1.165) is 71.8 Å². The fourth-order valence-electron chi connectivity index (χ4n) is 9.73. The van der Waals surface area contributed by atoms with Crippen LogP contribution in [0.3, 0.4) is 0 Å². The normalized spacial score (nSPS) is 13.9. The molecule has 3 aliphatic heterocycles. The summed E-state index contributed by atoms with van der Waals surface area (Å²) in [6, 6.07) is 44.6. The van der Waals surface area contributed by atoms with Gasteiger partial charge in [-0.3, -0.25) is 24.2 Å². The molecule has 554 valence electrons. The second kappa shape index (κ2) is 36.7. The van der Waals surface area contributed by atoms with E-state index < -0.39 is 0 Å². The van der Waals surface area contributed by atoms with Crippen molar-refractivity contribution in [3.05, 3.63) is 231 Å². The van der Waals surface area contributed by atoms with Crippen molar-refractivity contribution in [3.63, 3.8) is 0 Å². The van der Waals surface area contributed by atoms with Gasteiger partial charge in [0.05, 0.1) is 26.7 Å². The first-order valence-corrected chi connectivity index (χ1v) is 36.3. The topological polar surface area (TPSA) is 398 Å². The molecule has 0 spiro atoms. The number of aryl methyl sites for hydroxylation is 1. The minimum atomic E-state index is -0.302. The Bertz CT molecular complexity index is 4870. The van der Waals surface area contributed by atoms with Crippen molar-refractivity contribution >= 4 is 146 Å². The van der Waals surface area contributed by atoms with Crippen molar-refractivity contribution < 1.29 is 30.6 Å². The molecule has 7 heterocycles. The molecule has 0 aliphatic carbocycles. The first-order valence-electron chi connectivity index (χ1n) is 33.1. The number of rotatable bonds is 22. The van der Waals surface area contributed by atoms with Gasteiger partial charge in [-0.25, -0.2) is 44.9 Å². The maximum absolute atomic E-state index is 12.8. The molecule has 4 amide bonds. The van der Waals surface area contributed by atoms with Gasteiger partial charge in [-0.05, 0) is 209 Å². The van der Waals surface area contributed by atoms with E-state index in [0.29, 0.717) is 119 Å². The van der Waals surface area contributed by atoms with Crippen LogP contribution in [0.1, 0.15) is 105 Å². The van der Waals surface area contributed by atoms with Crippen molar-refractivity contribution in [2.45, 2.75) is 83.5 Å².